The molecule has 1 aromatic rings. The van der Waals surface area contributed by atoms with Gasteiger partial charge >= 0.3 is 11.9 Å². The van der Waals surface area contributed by atoms with Crippen LogP contribution in [0.4, 0.5) is 24.5 Å². The lowest BCUT2D eigenvalue weighted by atomic mass is 9.83. The highest BCUT2D eigenvalue weighted by Gasteiger charge is 2.34. The van der Waals surface area contributed by atoms with Crippen molar-refractivity contribution in [3.8, 4) is 0 Å². The molecule has 1 aromatic heterocycles. The summed E-state index contributed by atoms with van der Waals surface area (Å²) in [6, 6.07) is 0.693. The second-order valence-electron chi connectivity index (χ2n) is 4.85. The summed E-state index contributed by atoms with van der Waals surface area (Å²) in [5.41, 5.74) is -1.70. The van der Waals surface area contributed by atoms with Crippen LogP contribution in [0.25, 0.3) is 0 Å². The van der Waals surface area contributed by atoms with Crippen molar-refractivity contribution >= 4 is 11.4 Å². The van der Waals surface area contributed by atoms with Crippen LogP contribution in [0.3, 0.4) is 0 Å². The smallest absolute Gasteiger partial charge is 0.379 e. The Hall–Kier alpha value is -1.86. The van der Waals surface area contributed by atoms with E-state index in [2.05, 4.69) is 10.3 Å². The Morgan fingerprint density at radius 3 is 2.65 bits per heavy atom. The van der Waals surface area contributed by atoms with Crippen molar-refractivity contribution in [1.29, 1.82) is 0 Å². The number of aromatic nitrogens is 1. The van der Waals surface area contributed by atoms with Gasteiger partial charge in [0.1, 0.15) is 17.6 Å². The first-order valence-corrected chi connectivity index (χ1v) is 6.33. The van der Waals surface area contributed by atoms with E-state index in [0.29, 0.717) is 24.7 Å². The van der Waals surface area contributed by atoms with Crippen LogP contribution in [0.5, 0.6) is 0 Å². The van der Waals surface area contributed by atoms with Crippen LogP contribution < -0.4 is 5.32 Å². The molecule has 1 fully saturated rings. The highest BCUT2D eigenvalue weighted by atomic mass is 19.4. The quantitative estimate of drug-likeness (QED) is 0.664. The van der Waals surface area contributed by atoms with Gasteiger partial charge in [-0.15, -0.1) is 0 Å². The van der Waals surface area contributed by atoms with Gasteiger partial charge in [-0.3, -0.25) is 10.1 Å². The van der Waals surface area contributed by atoms with E-state index in [0.717, 1.165) is 19.3 Å². The first-order chi connectivity index (χ1) is 9.38. The first-order valence-electron chi connectivity index (χ1n) is 6.33. The number of nitrogens with zero attached hydrogens (tertiary/aromatic N) is 2. The molecule has 110 valence electrons. The van der Waals surface area contributed by atoms with Crippen LogP contribution in [-0.4, -0.2) is 16.5 Å². The predicted molar refractivity (Wildman–Crippen MR) is 66.3 cm³/mol. The van der Waals surface area contributed by atoms with Gasteiger partial charge in [-0.05, 0) is 18.4 Å². The van der Waals surface area contributed by atoms with Crippen LogP contribution in [0, 0.1) is 16.0 Å². The summed E-state index contributed by atoms with van der Waals surface area (Å²) in [5, 5.41) is 13.5. The van der Waals surface area contributed by atoms with Crippen molar-refractivity contribution < 1.29 is 18.1 Å². The lowest BCUT2D eigenvalue weighted by Crippen LogP contribution is -2.16. The molecule has 1 saturated carbocycles. The second kappa shape index (κ2) is 5.64. The topological polar surface area (TPSA) is 68.1 Å². The molecule has 0 amide bonds. The third-order valence-corrected chi connectivity index (χ3v) is 3.46. The van der Waals surface area contributed by atoms with Gasteiger partial charge in [0.25, 0.3) is 0 Å². The molecule has 0 spiro atoms. The number of hydrogen-bond acceptors (Lipinski definition) is 4. The summed E-state index contributed by atoms with van der Waals surface area (Å²) in [7, 11) is 0. The van der Waals surface area contributed by atoms with Crippen molar-refractivity contribution in [2.45, 2.75) is 31.9 Å². The van der Waals surface area contributed by atoms with Crippen molar-refractivity contribution in [2.24, 2.45) is 5.92 Å². The van der Waals surface area contributed by atoms with Gasteiger partial charge in [0.15, 0.2) is 0 Å². The zero-order valence-corrected chi connectivity index (χ0v) is 10.6. The van der Waals surface area contributed by atoms with Gasteiger partial charge in [-0.25, -0.2) is 4.98 Å². The number of halogens is 3. The van der Waals surface area contributed by atoms with E-state index in [-0.39, 0.29) is 5.69 Å². The zero-order chi connectivity index (χ0) is 14.8. The molecule has 0 bridgehead atoms. The second-order valence-corrected chi connectivity index (χ2v) is 4.85. The third-order valence-electron chi connectivity index (χ3n) is 3.46. The normalized spacial score (nSPS) is 15.8. The molecular formula is C12H14F3N3O2. The molecule has 8 heteroatoms. The molecule has 2 rings (SSSR count). The van der Waals surface area contributed by atoms with Crippen molar-refractivity contribution in [3.05, 3.63) is 28.1 Å². The first kappa shape index (κ1) is 14.5. The molecule has 1 N–H and O–H groups in total. The predicted octanol–water partition coefficient (Wildman–Crippen LogP) is 3.61. The van der Waals surface area contributed by atoms with Gasteiger partial charge < -0.3 is 5.32 Å². The third kappa shape index (κ3) is 3.37. The largest absolute Gasteiger partial charge is 0.433 e. The number of pyridine rings is 1. The van der Waals surface area contributed by atoms with E-state index in [9.17, 15) is 23.3 Å². The number of hydrogen-bond donors (Lipinski definition) is 1. The summed E-state index contributed by atoms with van der Waals surface area (Å²) in [5.74, 6) is 0.575. The summed E-state index contributed by atoms with van der Waals surface area (Å²) in [4.78, 5) is 13.1. The fraction of sp³-hybridized carbons (Fsp3) is 0.583. The van der Waals surface area contributed by atoms with Gasteiger partial charge in [0.2, 0.25) is 0 Å². The highest BCUT2D eigenvalue weighted by molar-refractivity contribution is 5.61. The van der Waals surface area contributed by atoms with Crippen molar-refractivity contribution in [2.75, 3.05) is 11.9 Å². The maximum absolute atomic E-state index is 12.6. The fourth-order valence-electron chi connectivity index (χ4n) is 2.08. The lowest BCUT2D eigenvalue weighted by Gasteiger charge is -2.25. The van der Waals surface area contributed by atoms with Crippen LogP contribution in [0.2, 0.25) is 0 Å². The zero-order valence-electron chi connectivity index (χ0n) is 10.6. The maximum atomic E-state index is 12.6. The average molecular weight is 289 g/mol. The molecule has 20 heavy (non-hydrogen) atoms. The standard InChI is InChI=1S/C12H14F3N3O2/c13-12(14,15)11-6-9(10(7-17-11)18(19)20)16-5-4-8-2-1-3-8/h6-8H,1-5H2,(H,16,17). The number of alkyl halides is 3. The summed E-state index contributed by atoms with van der Waals surface area (Å²) in [6.45, 7) is 0.423. The molecule has 0 unspecified atom stereocenters. The van der Waals surface area contributed by atoms with Gasteiger partial charge in [-0.1, -0.05) is 19.3 Å². The molecule has 1 aliphatic carbocycles. The highest BCUT2D eigenvalue weighted by Crippen LogP contribution is 2.33. The Kier molecular flexibility index (Phi) is 4.10. The lowest BCUT2D eigenvalue weighted by molar-refractivity contribution is -0.384. The molecule has 0 aliphatic heterocycles. The minimum Gasteiger partial charge on any atom is -0.379 e. The van der Waals surface area contributed by atoms with E-state index < -0.39 is 22.5 Å². The van der Waals surface area contributed by atoms with E-state index in [1.807, 2.05) is 0 Å². The van der Waals surface area contributed by atoms with E-state index in [4.69, 9.17) is 0 Å². The SMILES string of the molecule is O=[N+]([O-])c1cnc(C(F)(F)F)cc1NCCC1CCC1. The van der Waals surface area contributed by atoms with Gasteiger partial charge in [0, 0.05) is 6.54 Å². The van der Waals surface area contributed by atoms with Crippen LogP contribution in [0.15, 0.2) is 12.3 Å². The van der Waals surface area contributed by atoms with E-state index in [1.165, 1.54) is 6.42 Å². The fourth-order valence-corrected chi connectivity index (χ4v) is 2.08. The van der Waals surface area contributed by atoms with Crippen LogP contribution >= 0.6 is 0 Å². The molecular weight excluding hydrogens is 275 g/mol. The molecule has 0 aromatic carbocycles. The molecule has 0 saturated heterocycles. The van der Waals surface area contributed by atoms with E-state index in [1.54, 1.807) is 0 Å². The van der Waals surface area contributed by atoms with Crippen molar-refractivity contribution in [3.63, 3.8) is 0 Å². The number of anilines is 1. The molecule has 1 heterocycles. The minimum absolute atomic E-state index is 0.128. The molecule has 0 atom stereocenters. The summed E-state index contributed by atoms with van der Waals surface area (Å²) in [6.07, 6.45) is 0.259. The maximum Gasteiger partial charge on any atom is 0.433 e. The van der Waals surface area contributed by atoms with Gasteiger partial charge in [-0.2, -0.15) is 13.2 Å². The number of rotatable bonds is 5. The molecule has 1 aliphatic rings. The Balaban J connectivity index is 2.11. The average Bonchev–Trinajstić information content (AvgIpc) is 2.30. The van der Waals surface area contributed by atoms with E-state index >= 15 is 0 Å². The minimum atomic E-state index is -4.61. The summed E-state index contributed by atoms with van der Waals surface area (Å²) < 4.78 is 37.7. The number of nitro groups is 1. The Morgan fingerprint density at radius 2 is 2.15 bits per heavy atom. The monoisotopic (exact) mass is 289 g/mol. The van der Waals surface area contributed by atoms with Crippen molar-refractivity contribution in [1.82, 2.24) is 4.98 Å². The Bertz CT molecular complexity index is 501. The van der Waals surface area contributed by atoms with Crippen LogP contribution in [0.1, 0.15) is 31.4 Å². The Morgan fingerprint density at radius 1 is 1.45 bits per heavy atom. The van der Waals surface area contributed by atoms with Gasteiger partial charge in [0.05, 0.1) is 4.92 Å². The number of nitrogens with one attached hydrogen (secondary N) is 1. The van der Waals surface area contributed by atoms with Crippen LogP contribution in [-0.2, 0) is 6.18 Å². The Labute approximate surface area is 113 Å². The summed E-state index contributed by atoms with van der Waals surface area (Å²) >= 11 is 0. The molecule has 5 nitrogen and oxygen atoms in total. The molecule has 0 radical (unpaired) electrons.